The molecule has 0 unspecified atom stereocenters. The highest BCUT2D eigenvalue weighted by molar-refractivity contribution is 7.08. The second-order valence-electron chi connectivity index (χ2n) is 4.06. The van der Waals surface area contributed by atoms with E-state index in [1.165, 1.54) is 0 Å². The van der Waals surface area contributed by atoms with Gasteiger partial charge in [0.05, 0.1) is 5.69 Å². The van der Waals surface area contributed by atoms with E-state index >= 15 is 0 Å². The minimum Gasteiger partial charge on any atom is -0.308 e. The van der Waals surface area contributed by atoms with Gasteiger partial charge in [0.2, 0.25) is 0 Å². The summed E-state index contributed by atoms with van der Waals surface area (Å²) in [6.07, 6.45) is 0. The summed E-state index contributed by atoms with van der Waals surface area (Å²) >= 11 is 6.89. The molecule has 0 fully saturated rings. The summed E-state index contributed by atoms with van der Waals surface area (Å²) in [6.45, 7) is 3.51. The molecule has 0 spiro atoms. The molecule has 104 valence electrons. The molecule has 1 heterocycles. The average Bonchev–Trinajstić information content (AvgIpc) is 2.80. The summed E-state index contributed by atoms with van der Waals surface area (Å²) in [5.41, 5.74) is 1.89. The van der Waals surface area contributed by atoms with Crippen LogP contribution in [0.15, 0.2) is 18.2 Å². The summed E-state index contributed by atoms with van der Waals surface area (Å²) in [5.74, 6) is -0.534. The van der Waals surface area contributed by atoms with E-state index in [4.69, 9.17) is 11.6 Å². The number of carbonyl (C=O) groups excluding carboxylic acids is 2. The third-order valence-electron chi connectivity index (χ3n) is 2.51. The van der Waals surface area contributed by atoms with Crippen molar-refractivity contribution in [2.45, 2.75) is 13.8 Å². The molecular weight excluding hydrogens is 300 g/mol. The molecule has 2 N–H and O–H groups in total. The Bertz CT molecular complexity index is 671. The van der Waals surface area contributed by atoms with Crippen LogP contribution >= 0.6 is 23.1 Å². The largest absolute Gasteiger partial charge is 0.326 e. The smallest absolute Gasteiger partial charge is 0.308 e. The van der Waals surface area contributed by atoms with Crippen molar-refractivity contribution in [3.63, 3.8) is 0 Å². The number of hydrogen-bond donors (Lipinski definition) is 2. The molecule has 6 nitrogen and oxygen atoms in total. The number of benzene rings is 1. The molecule has 1 aromatic carbocycles. The highest BCUT2D eigenvalue weighted by Crippen LogP contribution is 2.19. The fourth-order valence-electron chi connectivity index (χ4n) is 1.43. The average molecular weight is 311 g/mol. The Hall–Kier alpha value is -1.99. The van der Waals surface area contributed by atoms with Crippen molar-refractivity contribution in [2.24, 2.45) is 0 Å². The van der Waals surface area contributed by atoms with Crippen LogP contribution in [0.1, 0.15) is 20.9 Å². The zero-order valence-electron chi connectivity index (χ0n) is 10.7. The van der Waals surface area contributed by atoms with E-state index in [1.54, 1.807) is 25.1 Å². The number of rotatable bonds is 2. The van der Waals surface area contributed by atoms with E-state index < -0.39 is 11.9 Å². The second-order valence-corrected chi connectivity index (χ2v) is 5.22. The van der Waals surface area contributed by atoms with E-state index in [2.05, 4.69) is 20.2 Å². The third kappa shape index (κ3) is 3.31. The normalized spacial score (nSPS) is 10.2. The lowest BCUT2D eigenvalue weighted by Gasteiger charge is -2.07. The second kappa shape index (κ2) is 5.98. The number of imide groups is 1. The van der Waals surface area contributed by atoms with E-state index in [0.717, 1.165) is 17.1 Å². The van der Waals surface area contributed by atoms with Crippen molar-refractivity contribution in [3.8, 4) is 0 Å². The van der Waals surface area contributed by atoms with Crippen molar-refractivity contribution in [1.82, 2.24) is 14.9 Å². The molecule has 1 aromatic heterocycles. The maximum Gasteiger partial charge on any atom is 0.326 e. The summed E-state index contributed by atoms with van der Waals surface area (Å²) in [4.78, 5) is 23.8. The zero-order valence-corrected chi connectivity index (χ0v) is 12.3. The summed E-state index contributed by atoms with van der Waals surface area (Å²) in [7, 11) is 0. The van der Waals surface area contributed by atoms with Crippen molar-refractivity contribution < 1.29 is 9.59 Å². The van der Waals surface area contributed by atoms with Gasteiger partial charge in [-0.3, -0.25) is 10.1 Å². The molecule has 0 radical (unpaired) electrons. The lowest BCUT2D eigenvalue weighted by Crippen LogP contribution is -2.34. The van der Waals surface area contributed by atoms with Crippen LogP contribution in [0.25, 0.3) is 0 Å². The van der Waals surface area contributed by atoms with Crippen LogP contribution in [0.2, 0.25) is 5.02 Å². The van der Waals surface area contributed by atoms with Crippen molar-refractivity contribution in [3.05, 3.63) is 39.4 Å². The number of anilines is 1. The fourth-order valence-corrected chi connectivity index (χ4v) is 2.16. The molecule has 0 saturated heterocycles. The summed E-state index contributed by atoms with van der Waals surface area (Å²) in [6, 6.07) is 4.45. The molecule has 0 aliphatic carbocycles. The number of carbonyl (C=O) groups is 2. The van der Waals surface area contributed by atoms with Crippen LogP contribution in [0.3, 0.4) is 0 Å². The number of aryl methyl sites for hydroxylation is 2. The van der Waals surface area contributed by atoms with Gasteiger partial charge in [-0.05, 0) is 43.1 Å². The highest BCUT2D eigenvalue weighted by atomic mass is 35.5. The minimum atomic E-state index is -0.636. The molecule has 8 heteroatoms. The lowest BCUT2D eigenvalue weighted by atomic mass is 10.2. The van der Waals surface area contributed by atoms with E-state index in [1.807, 2.05) is 6.92 Å². The van der Waals surface area contributed by atoms with Gasteiger partial charge in [0.1, 0.15) is 4.88 Å². The Morgan fingerprint density at radius 2 is 2.05 bits per heavy atom. The SMILES string of the molecule is Cc1ccc(NC(=O)NC(=O)c2snnc2C)cc1Cl. The number of amides is 3. The summed E-state index contributed by atoms with van der Waals surface area (Å²) in [5, 5.41) is 8.98. The van der Waals surface area contributed by atoms with Gasteiger partial charge < -0.3 is 5.32 Å². The van der Waals surface area contributed by atoms with Crippen molar-refractivity contribution in [2.75, 3.05) is 5.32 Å². The maximum absolute atomic E-state index is 11.8. The fraction of sp³-hybridized carbons (Fsp3) is 0.167. The van der Waals surface area contributed by atoms with Gasteiger partial charge in [0.15, 0.2) is 0 Å². The van der Waals surface area contributed by atoms with Crippen molar-refractivity contribution in [1.29, 1.82) is 0 Å². The van der Waals surface area contributed by atoms with Crippen LogP contribution in [0.5, 0.6) is 0 Å². The van der Waals surface area contributed by atoms with Gasteiger partial charge in [0.25, 0.3) is 5.91 Å². The molecule has 2 aromatic rings. The number of aromatic nitrogens is 2. The first-order valence-electron chi connectivity index (χ1n) is 5.65. The van der Waals surface area contributed by atoms with Gasteiger partial charge in [-0.25, -0.2) is 4.79 Å². The maximum atomic E-state index is 11.8. The number of nitrogens with zero attached hydrogens (tertiary/aromatic N) is 2. The Labute approximate surface area is 124 Å². The van der Waals surface area contributed by atoms with Crippen LogP contribution < -0.4 is 10.6 Å². The predicted octanol–water partition coefficient (Wildman–Crippen LogP) is 2.77. The molecule has 0 saturated carbocycles. The monoisotopic (exact) mass is 310 g/mol. The number of hydrogen-bond acceptors (Lipinski definition) is 5. The molecule has 3 amide bonds. The Morgan fingerprint density at radius 3 is 2.65 bits per heavy atom. The highest BCUT2D eigenvalue weighted by Gasteiger charge is 2.16. The van der Waals surface area contributed by atoms with Gasteiger partial charge in [-0.15, -0.1) is 5.10 Å². The first kappa shape index (κ1) is 14.4. The van der Waals surface area contributed by atoms with Crippen molar-refractivity contribution >= 4 is 40.8 Å². The molecule has 0 bridgehead atoms. The Balaban J connectivity index is 2.00. The number of halogens is 1. The Kier molecular flexibility index (Phi) is 4.31. The van der Waals surface area contributed by atoms with Crippen LogP contribution in [0.4, 0.5) is 10.5 Å². The first-order valence-corrected chi connectivity index (χ1v) is 6.80. The number of nitrogens with one attached hydrogen (secondary N) is 2. The van der Waals surface area contributed by atoms with Gasteiger partial charge in [-0.2, -0.15) is 0 Å². The molecule has 0 aliphatic heterocycles. The molecule has 0 aliphatic rings. The molecule has 0 atom stereocenters. The number of urea groups is 1. The predicted molar refractivity (Wildman–Crippen MR) is 77.3 cm³/mol. The van der Waals surface area contributed by atoms with E-state index in [9.17, 15) is 9.59 Å². The Morgan fingerprint density at radius 1 is 1.30 bits per heavy atom. The van der Waals surface area contributed by atoms with E-state index in [-0.39, 0.29) is 0 Å². The molecule has 2 rings (SSSR count). The molecule has 20 heavy (non-hydrogen) atoms. The van der Waals surface area contributed by atoms with Gasteiger partial charge >= 0.3 is 6.03 Å². The van der Waals surface area contributed by atoms with Gasteiger partial charge in [-0.1, -0.05) is 22.2 Å². The van der Waals surface area contributed by atoms with Crippen LogP contribution in [0, 0.1) is 13.8 Å². The minimum absolute atomic E-state index is 0.307. The summed E-state index contributed by atoms with van der Waals surface area (Å²) < 4.78 is 3.64. The third-order valence-corrected chi connectivity index (χ3v) is 3.75. The first-order chi connectivity index (χ1) is 9.47. The topological polar surface area (TPSA) is 84.0 Å². The lowest BCUT2D eigenvalue weighted by molar-refractivity contribution is 0.0970. The quantitative estimate of drug-likeness (QED) is 0.893. The zero-order chi connectivity index (χ0) is 14.7. The van der Waals surface area contributed by atoms with Gasteiger partial charge in [0, 0.05) is 10.7 Å². The molecular formula is C12H11ClN4O2S. The van der Waals surface area contributed by atoms with Crippen LogP contribution in [-0.4, -0.2) is 21.5 Å². The standard InChI is InChI=1S/C12H11ClN4O2S/c1-6-3-4-8(5-9(6)13)14-12(19)15-11(18)10-7(2)16-17-20-10/h3-5H,1-2H3,(H2,14,15,18,19). The van der Waals surface area contributed by atoms with E-state index in [0.29, 0.717) is 21.3 Å². The van der Waals surface area contributed by atoms with Crippen LogP contribution in [-0.2, 0) is 0 Å².